The molecule has 1 aromatic rings. The standard InChI is InChI=1S/C11H13F2N3S/c12-9-2-1-8(7-10(9)13)15-3-5-16(6-4-15)11(14)17/h1-2,7H,3-6H2,(H2,14,17). The fourth-order valence-corrected chi connectivity index (χ4v) is 2.05. The van der Waals surface area contributed by atoms with E-state index in [1.165, 1.54) is 6.07 Å². The molecule has 3 nitrogen and oxygen atoms in total. The number of nitrogens with zero attached hydrogens (tertiary/aromatic N) is 2. The van der Waals surface area contributed by atoms with E-state index in [-0.39, 0.29) is 0 Å². The Morgan fingerprint density at radius 1 is 1.12 bits per heavy atom. The minimum Gasteiger partial charge on any atom is -0.376 e. The SMILES string of the molecule is NC(=S)N1CCN(c2ccc(F)c(F)c2)CC1. The predicted octanol–water partition coefficient (Wildman–Crippen LogP) is 1.33. The topological polar surface area (TPSA) is 32.5 Å². The molecule has 92 valence electrons. The molecule has 0 saturated carbocycles. The summed E-state index contributed by atoms with van der Waals surface area (Å²) < 4.78 is 25.9. The maximum absolute atomic E-state index is 13.1. The van der Waals surface area contributed by atoms with Gasteiger partial charge in [0, 0.05) is 37.9 Å². The van der Waals surface area contributed by atoms with Crippen LogP contribution >= 0.6 is 12.2 Å². The lowest BCUT2D eigenvalue weighted by molar-refractivity contribution is 0.388. The highest BCUT2D eigenvalue weighted by Crippen LogP contribution is 2.19. The fourth-order valence-electron chi connectivity index (χ4n) is 1.87. The van der Waals surface area contributed by atoms with E-state index in [2.05, 4.69) is 0 Å². The van der Waals surface area contributed by atoms with Crippen LogP contribution in [0.25, 0.3) is 0 Å². The molecule has 1 fully saturated rings. The third kappa shape index (κ3) is 2.63. The van der Waals surface area contributed by atoms with E-state index >= 15 is 0 Å². The lowest BCUT2D eigenvalue weighted by Crippen LogP contribution is -2.50. The van der Waals surface area contributed by atoms with E-state index in [1.807, 2.05) is 9.80 Å². The Morgan fingerprint density at radius 3 is 2.29 bits per heavy atom. The van der Waals surface area contributed by atoms with Crippen LogP contribution in [0.4, 0.5) is 14.5 Å². The number of hydrogen-bond donors (Lipinski definition) is 1. The van der Waals surface area contributed by atoms with Crippen LogP contribution in [0.3, 0.4) is 0 Å². The van der Waals surface area contributed by atoms with Crippen molar-refractivity contribution in [2.75, 3.05) is 31.1 Å². The zero-order chi connectivity index (χ0) is 12.4. The van der Waals surface area contributed by atoms with Crippen molar-refractivity contribution in [2.45, 2.75) is 0 Å². The molecule has 17 heavy (non-hydrogen) atoms. The van der Waals surface area contributed by atoms with Crippen LogP contribution in [0.2, 0.25) is 0 Å². The van der Waals surface area contributed by atoms with E-state index in [0.29, 0.717) is 37.0 Å². The summed E-state index contributed by atoms with van der Waals surface area (Å²) in [4.78, 5) is 3.88. The number of hydrogen-bond acceptors (Lipinski definition) is 2. The Kier molecular flexibility index (Phi) is 3.42. The summed E-state index contributed by atoms with van der Waals surface area (Å²) in [7, 11) is 0. The second kappa shape index (κ2) is 4.83. The molecule has 1 aliphatic rings. The summed E-state index contributed by atoms with van der Waals surface area (Å²) in [5, 5.41) is 0.384. The molecule has 2 N–H and O–H groups in total. The van der Waals surface area contributed by atoms with Crippen molar-refractivity contribution in [1.82, 2.24) is 4.90 Å². The van der Waals surface area contributed by atoms with E-state index in [0.717, 1.165) is 6.07 Å². The first-order chi connectivity index (χ1) is 8.08. The smallest absolute Gasteiger partial charge is 0.166 e. The van der Waals surface area contributed by atoms with Gasteiger partial charge < -0.3 is 15.5 Å². The van der Waals surface area contributed by atoms with Gasteiger partial charge in [-0.25, -0.2) is 8.78 Å². The van der Waals surface area contributed by atoms with Crippen molar-refractivity contribution in [3.8, 4) is 0 Å². The van der Waals surface area contributed by atoms with Crippen LogP contribution < -0.4 is 10.6 Å². The van der Waals surface area contributed by atoms with Gasteiger partial charge in [-0.05, 0) is 24.4 Å². The highest BCUT2D eigenvalue weighted by Gasteiger charge is 2.18. The molecule has 1 aromatic carbocycles. The summed E-state index contributed by atoms with van der Waals surface area (Å²) in [5.74, 6) is -1.64. The van der Waals surface area contributed by atoms with Crippen LogP contribution in [-0.2, 0) is 0 Å². The largest absolute Gasteiger partial charge is 0.376 e. The highest BCUT2D eigenvalue weighted by atomic mass is 32.1. The molecule has 0 atom stereocenters. The quantitative estimate of drug-likeness (QED) is 0.769. The van der Waals surface area contributed by atoms with Gasteiger partial charge in [-0.1, -0.05) is 0 Å². The van der Waals surface area contributed by atoms with E-state index in [4.69, 9.17) is 18.0 Å². The Morgan fingerprint density at radius 2 is 1.76 bits per heavy atom. The molecule has 0 amide bonds. The molecule has 0 spiro atoms. The van der Waals surface area contributed by atoms with Gasteiger partial charge in [0.05, 0.1) is 0 Å². The lowest BCUT2D eigenvalue weighted by atomic mass is 10.2. The first-order valence-electron chi connectivity index (χ1n) is 5.32. The van der Waals surface area contributed by atoms with Crippen molar-refractivity contribution < 1.29 is 8.78 Å². The Hall–Kier alpha value is -1.43. The summed E-state index contributed by atoms with van der Waals surface area (Å²) in [6.45, 7) is 2.80. The monoisotopic (exact) mass is 257 g/mol. The lowest BCUT2D eigenvalue weighted by Gasteiger charge is -2.36. The Labute approximate surface area is 104 Å². The van der Waals surface area contributed by atoms with E-state index < -0.39 is 11.6 Å². The first-order valence-corrected chi connectivity index (χ1v) is 5.73. The molecule has 1 heterocycles. The first kappa shape index (κ1) is 12.0. The minimum atomic E-state index is -0.824. The number of anilines is 1. The number of halogens is 2. The molecular weight excluding hydrogens is 244 g/mol. The zero-order valence-electron chi connectivity index (χ0n) is 9.20. The van der Waals surface area contributed by atoms with Gasteiger partial charge in [-0.15, -0.1) is 0 Å². The summed E-state index contributed by atoms with van der Waals surface area (Å²) in [6, 6.07) is 3.94. The number of thiocarbonyl (C=S) groups is 1. The molecule has 2 rings (SSSR count). The summed E-state index contributed by atoms with van der Waals surface area (Å²) in [6.07, 6.45) is 0. The number of piperazine rings is 1. The van der Waals surface area contributed by atoms with Crippen molar-refractivity contribution in [1.29, 1.82) is 0 Å². The van der Waals surface area contributed by atoms with E-state index in [9.17, 15) is 8.78 Å². The molecule has 1 saturated heterocycles. The van der Waals surface area contributed by atoms with Crippen molar-refractivity contribution in [3.05, 3.63) is 29.8 Å². The molecule has 6 heteroatoms. The number of nitrogens with two attached hydrogens (primary N) is 1. The van der Waals surface area contributed by atoms with Gasteiger partial charge in [0.25, 0.3) is 0 Å². The molecular formula is C11H13F2N3S. The van der Waals surface area contributed by atoms with Crippen LogP contribution in [0.1, 0.15) is 0 Å². The van der Waals surface area contributed by atoms with Crippen LogP contribution in [0.5, 0.6) is 0 Å². The predicted molar refractivity (Wildman–Crippen MR) is 66.9 cm³/mol. The molecule has 1 aliphatic heterocycles. The second-order valence-corrected chi connectivity index (χ2v) is 4.33. The average molecular weight is 257 g/mol. The van der Waals surface area contributed by atoms with Crippen LogP contribution in [0.15, 0.2) is 18.2 Å². The molecule has 0 unspecified atom stereocenters. The summed E-state index contributed by atoms with van der Waals surface area (Å²) >= 11 is 4.88. The fraction of sp³-hybridized carbons (Fsp3) is 0.364. The Balaban J connectivity index is 2.05. The molecule has 0 aliphatic carbocycles. The number of rotatable bonds is 1. The maximum Gasteiger partial charge on any atom is 0.166 e. The Bertz CT molecular complexity index is 431. The minimum absolute atomic E-state index is 0.384. The van der Waals surface area contributed by atoms with Gasteiger partial charge >= 0.3 is 0 Å². The van der Waals surface area contributed by atoms with Crippen molar-refractivity contribution in [3.63, 3.8) is 0 Å². The van der Waals surface area contributed by atoms with Crippen LogP contribution in [-0.4, -0.2) is 36.2 Å². The zero-order valence-corrected chi connectivity index (χ0v) is 10.0. The highest BCUT2D eigenvalue weighted by molar-refractivity contribution is 7.80. The number of benzene rings is 1. The normalized spacial score (nSPS) is 16.1. The van der Waals surface area contributed by atoms with Crippen molar-refractivity contribution >= 4 is 23.0 Å². The van der Waals surface area contributed by atoms with Gasteiger partial charge in [-0.3, -0.25) is 0 Å². The van der Waals surface area contributed by atoms with Crippen molar-refractivity contribution in [2.24, 2.45) is 5.73 Å². The van der Waals surface area contributed by atoms with Gasteiger partial charge in [0.1, 0.15) is 0 Å². The second-order valence-electron chi connectivity index (χ2n) is 3.91. The average Bonchev–Trinajstić information content (AvgIpc) is 2.33. The maximum atomic E-state index is 13.1. The van der Waals surface area contributed by atoms with Gasteiger partial charge in [-0.2, -0.15) is 0 Å². The van der Waals surface area contributed by atoms with Crippen LogP contribution in [0, 0.1) is 11.6 Å². The third-order valence-corrected chi connectivity index (χ3v) is 3.12. The molecule has 0 bridgehead atoms. The molecule has 0 radical (unpaired) electrons. The summed E-state index contributed by atoms with van der Waals surface area (Å²) in [5.41, 5.74) is 6.21. The molecule has 0 aromatic heterocycles. The van der Waals surface area contributed by atoms with Gasteiger partial charge in [0.15, 0.2) is 16.7 Å². The third-order valence-electron chi connectivity index (χ3n) is 2.86. The van der Waals surface area contributed by atoms with Gasteiger partial charge in [0.2, 0.25) is 0 Å². The van der Waals surface area contributed by atoms with E-state index in [1.54, 1.807) is 6.07 Å².